The van der Waals surface area contributed by atoms with Crippen molar-refractivity contribution < 1.29 is 18.0 Å². The summed E-state index contributed by atoms with van der Waals surface area (Å²) in [4.78, 5) is 28.8. The van der Waals surface area contributed by atoms with Crippen molar-refractivity contribution in [2.75, 3.05) is 23.7 Å². The van der Waals surface area contributed by atoms with Crippen LogP contribution in [0.5, 0.6) is 0 Å². The summed E-state index contributed by atoms with van der Waals surface area (Å²) < 4.78 is 26.8. The first-order valence-electron chi connectivity index (χ1n) is 13.3. The molecule has 0 spiro atoms. The van der Waals surface area contributed by atoms with E-state index in [0.29, 0.717) is 25.1 Å². The fraction of sp³-hybridized carbons (Fsp3) is 0.517. The first-order chi connectivity index (χ1) is 17.6. The molecule has 1 saturated carbocycles. The summed E-state index contributed by atoms with van der Waals surface area (Å²) in [5.74, 6) is -0.541. The molecule has 1 N–H and O–H groups in total. The topological polar surface area (TPSA) is 86.8 Å². The Bertz CT molecular complexity index is 1160. The number of amides is 2. The molecule has 37 heavy (non-hydrogen) atoms. The Morgan fingerprint density at radius 1 is 1.03 bits per heavy atom. The molecule has 1 aliphatic carbocycles. The molecule has 202 valence electrons. The molecule has 0 heterocycles. The summed E-state index contributed by atoms with van der Waals surface area (Å²) in [6, 6.07) is 14.7. The van der Waals surface area contributed by atoms with Gasteiger partial charge in [0.1, 0.15) is 12.6 Å². The summed E-state index contributed by atoms with van der Waals surface area (Å²) in [5, 5.41) is 3.17. The maximum absolute atomic E-state index is 13.8. The third-order valence-electron chi connectivity index (χ3n) is 7.12. The van der Waals surface area contributed by atoms with Crippen LogP contribution in [0.4, 0.5) is 5.69 Å². The molecule has 2 aromatic carbocycles. The van der Waals surface area contributed by atoms with Crippen molar-refractivity contribution in [2.24, 2.45) is 0 Å². The second-order valence-electron chi connectivity index (χ2n) is 10.1. The number of nitrogens with zero attached hydrogens (tertiary/aromatic N) is 2. The zero-order valence-electron chi connectivity index (χ0n) is 22.6. The molecule has 8 heteroatoms. The average molecular weight is 528 g/mol. The third kappa shape index (κ3) is 8.06. The van der Waals surface area contributed by atoms with Crippen LogP contribution in [0.25, 0.3) is 0 Å². The number of rotatable bonds is 11. The van der Waals surface area contributed by atoms with E-state index in [1.807, 2.05) is 63.2 Å². The van der Waals surface area contributed by atoms with Crippen molar-refractivity contribution in [3.05, 3.63) is 65.2 Å². The van der Waals surface area contributed by atoms with Gasteiger partial charge in [-0.25, -0.2) is 8.42 Å². The highest BCUT2D eigenvalue weighted by molar-refractivity contribution is 7.92. The molecule has 7 nitrogen and oxygen atoms in total. The van der Waals surface area contributed by atoms with Gasteiger partial charge in [-0.3, -0.25) is 13.9 Å². The van der Waals surface area contributed by atoms with Gasteiger partial charge in [0.05, 0.1) is 11.9 Å². The molecule has 1 aliphatic rings. The SMILES string of the molecule is CC[C@H](C(=O)NC1CCCCC1)N(CCc1ccccc1)C(=O)CN(c1ccc(C)cc1C)S(C)(=O)=O. The van der Waals surface area contributed by atoms with E-state index in [1.54, 1.807) is 11.0 Å². The normalized spacial score (nSPS) is 15.1. The lowest BCUT2D eigenvalue weighted by atomic mass is 9.95. The number of hydrogen-bond acceptors (Lipinski definition) is 4. The monoisotopic (exact) mass is 527 g/mol. The van der Waals surface area contributed by atoms with Gasteiger partial charge in [-0.2, -0.15) is 0 Å². The zero-order valence-corrected chi connectivity index (χ0v) is 23.4. The summed E-state index contributed by atoms with van der Waals surface area (Å²) in [6.07, 6.45) is 7.41. The molecular formula is C29H41N3O4S. The second-order valence-corrected chi connectivity index (χ2v) is 12.1. The Morgan fingerprint density at radius 3 is 2.30 bits per heavy atom. The first-order valence-corrected chi connectivity index (χ1v) is 15.1. The molecule has 0 aliphatic heterocycles. The average Bonchev–Trinajstić information content (AvgIpc) is 2.86. The fourth-order valence-corrected chi connectivity index (χ4v) is 6.03. The van der Waals surface area contributed by atoms with Crippen LogP contribution in [0, 0.1) is 13.8 Å². The summed E-state index contributed by atoms with van der Waals surface area (Å²) in [6.45, 7) is 5.64. The van der Waals surface area contributed by atoms with Gasteiger partial charge in [0.2, 0.25) is 21.8 Å². The molecule has 0 unspecified atom stereocenters. The van der Waals surface area contributed by atoms with Crippen molar-refractivity contribution in [2.45, 2.75) is 77.8 Å². The molecule has 3 rings (SSSR count). The Hall–Kier alpha value is -2.87. The Kier molecular flexibility index (Phi) is 10.1. The number of anilines is 1. The van der Waals surface area contributed by atoms with E-state index in [0.717, 1.165) is 52.9 Å². The van der Waals surface area contributed by atoms with Gasteiger partial charge in [0.25, 0.3) is 0 Å². The minimum absolute atomic E-state index is 0.129. The highest BCUT2D eigenvalue weighted by Crippen LogP contribution is 2.24. The van der Waals surface area contributed by atoms with E-state index in [4.69, 9.17) is 0 Å². The van der Waals surface area contributed by atoms with Crippen LogP contribution in [0.3, 0.4) is 0 Å². The lowest BCUT2D eigenvalue weighted by Gasteiger charge is -2.34. The molecule has 0 saturated heterocycles. The van der Waals surface area contributed by atoms with Crippen molar-refractivity contribution in [3.8, 4) is 0 Å². The van der Waals surface area contributed by atoms with E-state index in [-0.39, 0.29) is 24.4 Å². The molecule has 1 fully saturated rings. The number of carbonyl (C=O) groups is 2. The van der Waals surface area contributed by atoms with E-state index in [2.05, 4.69) is 5.32 Å². The minimum atomic E-state index is -3.74. The van der Waals surface area contributed by atoms with Crippen LogP contribution in [0.15, 0.2) is 48.5 Å². The van der Waals surface area contributed by atoms with Crippen LogP contribution in [-0.2, 0) is 26.0 Å². The van der Waals surface area contributed by atoms with Crippen LogP contribution in [0.1, 0.15) is 62.1 Å². The third-order valence-corrected chi connectivity index (χ3v) is 8.25. The highest BCUT2D eigenvalue weighted by Gasteiger charge is 2.32. The predicted octanol–water partition coefficient (Wildman–Crippen LogP) is 4.37. The molecule has 2 aromatic rings. The van der Waals surface area contributed by atoms with E-state index >= 15 is 0 Å². The maximum Gasteiger partial charge on any atom is 0.244 e. The van der Waals surface area contributed by atoms with E-state index in [9.17, 15) is 18.0 Å². The molecule has 1 atom stereocenters. The summed E-state index contributed by atoms with van der Waals surface area (Å²) in [5.41, 5.74) is 3.31. The van der Waals surface area contributed by atoms with Crippen molar-refractivity contribution in [1.29, 1.82) is 0 Å². The fourth-order valence-electron chi connectivity index (χ4n) is 5.12. The van der Waals surface area contributed by atoms with Gasteiger partial charge in [0.15, 0.2) is 0 Å². The van der Waals surface area contributed by atoms with Gasteiger partial charge in [-0.1, -0.05) is 74.2 Å². The Morgan fingerprint density at radius 2 is 1.70 bits per heavy atom. The first kappa shape index (κ1) is 28.7. The maximum atomic E-state index is 13.8. The van der Waals surface area contributed by atoms with Gasteiger partial charge < -0.3 is 10.2 Å². The van der Waals surface area contributed by atoms with E-state index < -0.39 is 16.1 Å². The van der Waals surface area contributed by atoms with Crippen LogP contribution < -0.4 is 9.62 Å². The van der Waals surface area contributed by atoms with Crippen LogP contribution in [-0.4, -0.2) is 56.6 Å². The van der Waals surface area contributed by atoms with Gasteiger partial charge in [-0.15, -0.1) is 0 Å². The number of sulfonamides is 1. The van der Waals surface area contributed by atoms with E-state index in [1.165, 1.54) is 6.42 Å². The molecule has 0 radical (unpaired) electrons. The predicted molar refractivity (Wildman–Crippen MR) is 149 cm³/mol. The van der Waals surface area contributed by atoms with Gasteiger partial charge >= 0.3 is 0 Å². The largest absolute Gasteiger partial charge is 0.352 e. The Labute approximate surface area is 222 Å². The van der Waals surface area contributed by atoms with Crippen LogP contribution in [0.2, 0.25) is 0 Å². The Balaban J connectivity index is 1.88. The highest BCUT2D eigenvalue weighted by atomic mass is 32.2. The second kappa shape index (κ2) is 13.1. The van der Waals surface area contributed by atoms with Gasteiger partial charge in [0, 0.05) is 12.6 Å². The number of benzene rings is 2. The smallest absolute Gasteiger partial charge is 0.244 e. The summed E-state index contributed by atoms with van der Waals surface area (Å²) in [7, 11) is -3.74. The number of nitrogens with one attached hydrogen (secondary N) is 1. The van der Waals surface area contributed by atoms with Gasteiger partial charge in [-0.05, 0) is 56.7 Å². The molecule has 2 amide bonds. The minimum Gasteiger partial charge on any atom is -0.352 e. The quantitative estimate of drug-likeness (QED) is 0.470. The molecule has 0 aromatic heterocycles. The molecule has 0 bridgehead atoms. The number of hydrogen-bond donors (Lipinski definition) is 1. The summed E-state index contributed by atoms with van der Waals surface area (Å²) >= 11 is 0. The van der Waals surface area contributed by atoms with Crippen molar-refractivity contribution >= 4 is 27.5 Å². The lowest BCUT2D eigenvalue weighted by molar-refractivity contribution is -0.140. The zero-order chi connectivity index (χ0) is 27.0. The van der Waals surface area contributed by atoms with Crippen LogP contribution >= 0.6 is 0 Å². The van der Waals surface area contributed by atoms with Crippen molar-refractivity contribution in [3.63, 3.8) is 0 Å². The number of aryl methyl sites for hydroxylation is 2. The molecular weight excluding hydrogens is 486 g/mol. The van der Waals surface area contributed by atoms with Crippen molar-refractivity contribution in [1.82, 2.24) is 10.2 Å². The number of carbonyl (C=O) groups excluding carboxylic acids is 2. The lowest BCUT2D eigenvalue weighted by Crippen LogP contribution is -2.54. The standard InChI is InChI=1S/C29H41N3O4S/c1-5-26(29(34)30-25-14-10-7-11-15-25)31(19-18-24-12-8-6-9-13-24)28(33)21-32(37(4,35)36)27-17-16-22(2)20-23(27)3/h6,8-9,12-13,16-17,20,25-26H,5,7,10-11,14-15,18-19,21H2,1-4H3,(H,30,34)/t26-/m1/s1.